The summed E-state index contributed by atoms with van der Waals surface area (Å²) in [5.41, 5.74) is 11.6. The van der Waals surface area contributed by atoms with Crippen LogP contribution >= 0.6 is 11.3 Å². The number of hydrogen-bond acceptors (Lipinski definition) is 11. The van der Waals surface area contributed by atoms with Gasteiger partial charge in [-0.2, -0.15) is 0 Å². The Balaban J connectivity index is 1.68. The number of carbonyl (C=O) groups excluding carboxylic acids is 5. The SMILES string of the molecule is Cc1ncsc1-c1ccc(CC(=O)[C@H](CO)NC(=O)[C@@H]2C[C@@H](O)CN2C(=O)[C@@H](C(=O)[C@H](CO)NC(=O)CCCCCN=[N+]=[N-])C(C)(C)C)cc1. The van der Waals surface area contributed by atoms with E-state index in [-0.39, 0.29) is 25.8 Å². The first-order chi connectivity index (χ1) is 23.7. The molecule has 1 aromatic heterocycles. The molecule has 5 atom stereocenters. The van der Waals surface area contributed by atoms with Crippen LogP contribution < -0.4 is 10.6 Å². The summed E-state index contributed by atoms with van der Waals surface area (Å²) in [5, 5.41) is 39.1. The van der Waals surface area contributed by atoms with Crippen LogP contribution in [0.3, 0.4) is 0 Å². The number of aromatic nitrogens is 1. The summed E-state index contributed by atoms with van der Waals surface area (Å²) in [4.78, 5) is 76.0. The highest BCUT2D eigenvalue weighted by Crippen LogP contribution is 2.33. The number of hydrogen-bond donors (Lipinski definition) is 5. The first-order valence-corrected chi connectivity index (χ1v) is 17.5. The zero-order valence-electron chi connectivity index (χ0n) is 28.9. The highest BCUT2D eigenvalue weighted by atomic mass is 32.1. The molecule has 3 amide bonds. The summed E-state index contributed by atoms with van der Waals surface area (Å²) in [6, 6.07) is 3.40. The lowest BCUT2D eigenvalue weighted by atomic mass is 9.75. The average molecular weight is 714 g/mol. The van der Waals surface area contributed by atoms with Crippen molar-refractivity contribution in [3.8, 4) is 10.4 Å². The summed E-state index contributed by atoms with van der Waals surface area (Å²) in [5.74, 6) is -4.66. The topological polar surface area (TPSA) is 235 Å². The number of amides is 3. The number of Topliss-reactive ketones (excluding diaryl/α,β-unsaturated/α-hetero) is 2. The van der Waals surface area contributed by atoms with Crippen molar-refractivity contribution < 1.29 is 39.3 Å². The minimum atomic E-state index is -1.41. The third-order valence-corrected chi connectivity index (χ3v) is 9.55. The van der Waals surface area contributed by atoms with E-state index in [9.17, 15) is 39.3 Å². The van der Waals surface area contributed by atoms with E-state index in [1.54, 1.807) is 38.4 Å². The molecule has 0 radical (unpaired) electrons. The number of thiazole rings is 1. The van der Waals surface area contributed by atoms with E-state index in [2.05, 4.69) is 25.6 Å². The second-order valence-electron chi connectivity index (χ2n) is 13.5. The number of azide groups is 1. The summed E-state index contributed by atoms with van der Waals surface area (Å²) < 4.78 is 0. The van der Waals surface area contributed by atoms with E-state index in [0.717, 1.165) is 21.0 Å². The maximum Gasteiger partial charge on any atom is 0.243 e. The Morgan fingerprint density at radius 3 is 2.32 bits per heavy atom. The zero-order chi connectivity index (χ0) is 37.0. The van der Waals surface area contributed by atoms with Gasteiger partial charge in [-0.05, 0) is 41.8 Å². The van der Waals surface area contributed by atoms with Gasteiger partial charge in [-0.15, -0.1) is 11.3 Å². The van der Waals surface area contributed by atoms with Gasteiger partial charge < -0.3 is 30.9 Å². The van der Waals surface area contributed by atoms with Crippen LogP contribution in [0.5, 0.6) is 0 Å². The van der Waals surface area contributed by atoms with Crippen molar-refractivity contribution in [2.45, 2.75) is 90.4 Å². The van der Waals surface area contributed by atoms with E-state index in [0.29, 0.717) is 31.4 Å². The third kappa shape index (κ3) is 10.9. The number of unbranched alkanes of at least 4 members (excludes halogenated alkanes) is 2. The fraction of sp³-hybridized carbons (Fsp3) is 0.588. The maximum absolute atomic E-state index is 14.0. The highest BCUT2D eigenvalue weighted by molar-refractivity contribution is 7.13. The van der Waals surface area contributed by atoms with Crippen LogP contribution in [-0.2, 0) is 30.4 Å². The second kappa shape index (κ2) is 18.7. The standard InChI is InChI=1S/C34H47N7O8S/c1-20-31(50-19-36-20)22-11-9-21(10-12-22)14-27(45)24(17-42)39-32(48)26-15-23(44)16-41(26)33(49)29(34(2,3)4)30(47)25(18-43)38-28(46)8-6-5-7-13-37-40-35/h9-12,19,23-26,29,42-44H,5-8,13-18H2,1-4H3,(H,38,46)(H,39,48)/t23-,24+,25+,26+,29-/m1/s1. The first kappa shape index (κ1) is 40.2. The minimum Gasteiger partial charge on any atom is -0.394 e. The second-order valence-corrected chi connectivity index (χ2v) is 14.4. The Labute approximate surface area is 295 Å². The molecule has 2 heterocycles. The fourth-order valence-electron chi connectivity index (χ4n) is 5.93. The molecule has 272 valence electrons. The van der Waals surface area contributed by atoms with Crippen molar-refractivity contribution in [3.05, 3.63) is 51.5 Å². The van der Waals surface area contributed by atoms with Crippen LogP contribution in [0.1, 0.15) is 64.1 Å². The van der Waals surface area contributed by atoms with Crippen LogP contribution in [0.15, 0.2) is 34.9 Å². The van der Waals surface area contributed by atoms with Gasteiger partial charge in [0.1, 0.15) is 24.0 Å². The predicted octanol–water partition coefficient (Wildman–Crippen LogP) is 2.25. The van der Waals surface area contributed by atoms with Gasteiger partial charge in [-0.25, -0.2) is 4.98 Å². The molecular formula is C34H47N7O8S. The van der Waals surface area contributed by atoms with E-state index in [1.807, 2.05) is 19.1 Å². The van der Waals surface area contributed by atoms with Gasteiger partial charge in [0, 0.05) is 37.3 Å². The van der Waals surface area contributed by atoms with Gasteiger partial charge >= 0.3 is 0 Å². The quantitative estimate of drug-likeness (QED) is 0.0500. The van der Waals surface area contributed by atoms with Gasteiger partial charge in [-0.1, -0.05) is 56.6 Å². The summed E-state index contributed by atoms with van der Waals surface area (Å²) in [7, 11) is 0. The molecule has 15 nitrogen and oxygen atoms in total. The van der Waals surface area contributed by atoms with Gasteiger partial charge in [-0.3, -0.25) is 24.0 Å². The highest BCUT2D eigenvalue weighted by Gasteiger charge is 2.48. The maximum atomic E-state index is 14.0. The summed E-state index contributed by atoms with van der Waals surface area (Å²) >= 11 is 1.50. The van der Waals surface area contributed by atoms with Crippen LogP contribution in [0, 0.1) is 18.3 Å². The zero-order valence-corrected chi connectivity index (χ0v) is 29.7. The van der Waals surface area contributed by atoms with Crippen molar-refractivity contribution in [1.29, 1.82) is 0 Å². The summed E-state index contributed by atoms with van der Waals surface area (Å²) in [6.45, 7) is 5.41. The molecule has 1 aromatic carbocycles. The van der Waals surface area contributed by atoms with E-state index in [1.165, 1.54) is 11.3 Å². The molecule has 0 bridgehead atoms. The molecule has 50 heavy (non-hydrogen) atoms. The number of benzene rings is 1. The Hall–Kier alpha value is -4.21. The predicted molar refractivity (Wildman–Crippen MR) is 186 cm³/mol. The van der Waals surface area contributed by atoms with Gasteiger partial charge in [0.15, 0.2) is 11.6 Å². The lowest BCUT2D eigenvalue weighted by Gasteiger charge is -2.35. The number of ketones is 2. The Kier molecular flexibility index (Phi) is 15.0. The van der Waals surface area contributed by atoms with Gasteiger partial charge in [0.05, 0.1) is 35.4 Å². The fourth-order valence-corrected chi connectivity index (χ4v) is 6.74. The molecule has 16 heteroatoms. The number of β-amino-alcohol motifs (C(OH)–C–C–N with tert-alkyl or cyclic N) is 1. The average Bonchev–Trinajstić information content (AvgIpc) is 3.68. The monoisotopic (exact) mass is 713 g/mol. The smallest absolute Gasteiger partial charge is 0.243 e. The minimum absolute atomic E-state index is 0.0529. The van der Waals surface area contributed by atoms with Crippen molar-refractivity contribution in [2.75, 3.05) is 26.3 Å². The first-order valence-electron chi connectivity index (χ1n) is 16.6. The van der Waals surface area contributed by atoms with Crippen molar-refractivity contribution >= 4 is 40.6 Å². The number of aliphatic hydroxyl groups is 3. The van der Waals surface area contributed by atoms with Crippen molar-refractivity contribution in [1.82, 2.24) is 20.5 Å². The van der Waals surface area contributed by atoms with Crippen LogP contribution in [0.25, 0.3) is 20.9 Å². The van der Waals surface area contributed by atoms with Crippen LogP contribution in [0.4, 0.5) is 0 Å². The molecule has 1 fully saturated rings. The Morgan fingerprint density at radius 2 is 1.74 bits per heavy atom. The van der Waals surface area contributed by atoms with Crippen molar-refractivity contribution in [3.63, 3.8) is 0 Å². The van der Waals surface area contributed by atoms with E-state index >= 15 is 0 Å². The molecule has 0 spiro atoms. The summed E-state index contributed by atoms with van der Waals surface area (Å²) in [6.07, 6.45) is 0.379. The molecule has 2 aromatic rings. The molecule has 0 saturated carbocycles. The van der Waals surface area contributed by atoms with Gasteiger partial charge in [0.2, 0.25) is 17.7 Å². The Morgan fingerprint density at radius 1 is 1.06 bits per heavy atom. The largest absolute Gasteiger partial charge is 0.394 e. The molecule has 0 unspecified atom stereocenters. The number of nitrogens with zero attached hydrogens (tertiary/aromatic N) is 5. The van der Waals surface area contributed by atoms with Gasteiger partial charge in [0.25, 0.3) is 0 Å². The van der Waals surface area contributed by atoms with E-state index < -0.39 is 78.1 Å². The molecule has 5 N–H and O–H groups in total. The van der Waals surface area contributed by atoms with Crippen molar-refractivity contribution in [2.24, 2.45) is 16.4 Å². The molecule has 0 aliphatic carbocycles. The number of rotatable bonds is 18. The number of aliphatic hydroxyl groups excluding tert-OH is 3. The molecule has 1 aliphatic rings. The molecule has 3 rings (SSSR count). The Bertz CT molecular complexity index is 1550. The number of nitrogens with one attached hydrogen (secondary N) is 2. The van der Waals surface area contributed by atoms with Crippen LogP contribution in [0.2, 0.25) is 0 Å². The molecule has 1 aliphatic heterocycles. The molecular weight excluding hydrogens is 666 g/mol. The van der Waals surface area contributed by atoms with E-state index in [4.69, 9.17) is 5.53 Å². The number of carbonyl (C=O) groups is 5. The third-order valence-electron chi connectivity index (χ3n) is 8.58. The molecule has 1 saturated heterocycles. The number of aryl methyl sites for hydroxylation is 1. The lowest BCUT2D eigenvalue weighted by Crippen LogP contribution is -2.57. The number of likely N-dealkylation sites (tertiary alicyclic amines) is 1. The van der Waals surface area contributed by atoms with Crippen LogP contribution in [-0.4, -0.2) is 105 Å². The lowest BCUT2D eigenvalue weighted by molar-refractivity contribution is -0.151. The normalized spacial score (nSPS) is 17.7.